The van der Waals surface area contributed by atoms with Crippen LogP contribution in [0.1, 0.15) is 30.0 Å². The number of hydrogen-bond donors (Lipinski definition) is 2. The number of ether oxygens (including phenoxy) is 2. The van der Waals surface area contributed by atoms with Crippen molar-refractivity contribution in [2.45, 2.75) is 33.4 Å². The number of halogens is 1. The molecule has 6 heteroatoms. The lowest BCUT2D eigenvalue weighted by Crippen LogP contribution is -3.11. The molecule has 2 aromatic rings. The van der Waals surface area contributed by atoms with Gasteiger partial charge < -0.3 is 19.7 Å². The van der Waals surface area contributed by atoms with Crippen LogP contribution >= 0.6 is 11.6 Å². The molecule has 1 unspecified atom stereocenters. The third kappa shape index (κ3) is 5.22. The summed E-state index contributed by atoms with van der Waals surface area (Å²) in [5.41, 5.74) is 3.90. The Bertz CT molecular complexity index is 810. The largest absolute Gasteiger partial charge is 0.467 e. The second-order valence-electron chi connectivity index (χ2n) is 6.88. The first-order valence-corrected chi connectivity index (χ1v) is 9.65. The van der Waals surface area contributed by atoms with E-state index in [0.717, 1.165) is 41.1 Å². The Hall–Kier alpha value is -2.08. The summed E-state index contributed by atoms with van der Waals surface area (Å²) >= 11 is 6.27. The molecule has 27 heavy (non-hydrogen) atoms. The van der Waals surface area contributed by atoms with E-state index in [9.17, 15) is 4.79 Å². The summed E-state index contributed by atoms with van der Waals surface area (Å²) in [6.45, 7) is 6.82. The van der Waals surface area contributed by atoms with Crippen molar-refractivity contribution in [3.63, 3.8) is 0 Å². The molecule has 1 atom stereocenters. The Labute approximate surface area is 165 Å². The fraction of sp³-hybridized carbons (Fsp3) is 0.381. The smallest absolute Gasteiger partial charge is 0.279 e. The van der Waals surface area contributed by atoms with Crippen LogP contribution in [0, 0.1) is 6.92 Å². The topological polar surface area (TPSA) is 52.0 Å². The molecule has 1 heterocycles. The zero-order valence-electron chi connectivity index (χ0n) is 15.8. The number of amides is 1. The second kappa shape index (κ2) is 9.22. The highest BCUT2D eigenvalue weighted by atomic mass is 35.5. The Morgan fingerprint density at radius 2 is 2.11 bits per heavy atom. The van der Waals surface area contributed by atoms with Crippen molar-refractivity contribution in [3.05, 3.63) is 58.1 Å². The van der Waals surface area contributed by atoms with Crippen molar-refractivity contribution in [1.82, 2.24) is 0 Å². The molecule has 2 aromatic carbocycles. The van der Waals surface area contributed by atoms with Gasteiger partial charge in [-0.05, 0) is 37.1 Å². The SMILES string of the molecule is CCC[NH+](CC(=O)Nc1ccccc1C)Cc1cc(Cl)cc2c1OCOC2. The average molecular weight is 390 g/mol. The van der Waals surface area contributed by atoms with Gasteiger partial charge in [0.05, 0.1) is 18.7 Å². The van der Waals surface area contributed by atoms with E-state index in [1.165, 1.54) is 4.90 Å². The number of quaternary nitrogens is 1. The molecule has 0 fully saturated rings. The van der Waals surface area contributed by atoms with E-state index >= 15 is 0 Å². The first-order chi connectivity index (χ1) is 13.1. The van der Waals surface area contributed by atoms with Gasteiger partial charge in [-0.15, -0.1) is 0 Å². The molecule has 1 aliphatic heterocycles. The molecule has 0 radical (unpaired) electrons. The lowest BCUT2D eigenvalue weighted by Gasteiger charge is -2.24. The maximum absolute atomic E-state index is 12.6. The monoisotopic (exact) mass is 389 g/mol. The van der Waals surface area contributed by atoms with Crippen LogP contribution in [0.4, 0.5) is 5.69 Å². The molecule has 0 saturated heterocycles. The third-order valence-electron chi connectivity index (χ3n) is 4.63. The van der Waals surface area contributed by atoms with E-state index in [0.29, 0.717) is 24.7 Å². The zero-order valence-corrected chi connectivity index (χ0v) is 16.6. The number of anilines is 1. The molecule has 1 amide bonds. The molecular formula is C21H26ClN2O3+. The number of rotatable bonds is 7. The number of aryl methyl sites for hydroxylation is 1. The highest BCUT2D eigenvalue weighted by molar-refractivity contribution is 6.30. The molecule has 2 N–H and O–H groups in total. The summed E-state index contributed by atoms with van der Waals surface area (Å²) < 4.78 is 11.1. The maximum Gasteiger partial charge on any atom is 0.279 e. The minimum absolute atomic E-state index is 0.00731. The standard InChI is InChI=1S/C21H25ClN2O3/c1-3-8-24(12-20(25)23-19-7-5-4-6-15(19)2)11-16-9-18(22)10-17-13-26-14-27-21(16)17/h4-7,9-10H,3,8,11-14H2,1-2H3,(H,23,25)/p+1. The van der Waals surface area contributed by atoms with Gasteiger partial charge in [0.2, 0.25) is 0 Å². The van der Waals surface area contributed by atoms with Gasteiger partial charge in [-0.1, -0.05) is 36.7 Å². The Kier molecular flexibility index (Phi) is 6.72. The molecule has 0 bridgehead atoms. The van der Waals surface area contributed by atoms with Crippen LogP contribution in [-0.4, -0.2) is 25.8 Å². The fourth-order valence-electron chi connectivity index (χ4n) is 3.38. The van der Waals surface area contributed by atoms with Crippen molar-refractivity contribution in [2.75, 3.05) is 25.2 Å². The predicted octanol–water partition coefficient (Wildman–Crippen LogP) is 2.95. The van der Waals surface area contributed by atoms with Gasteiger partial charge in [-0.3, -0.25) is 4.79 Å². The molecule has 1 aliphatic rings. The Morgan fingerprint density at radius 3 is 2.89 bits per heavy atom. The van der Waals surface area contributed by atoms with Gasteiger partial charge in [0, 0.05) is 16.3 Å². The van der Waals surface area contributed by atoms with Gasteiger partial charge >= 0.3 is 0 Å². The van der Waals surface area contributed by atoms with Crippen molar-refractivity contribution in [3.8, 4) is 5.75 Å². The fourth-order valence-corrected chi connectivity index (χ4v) is 3.65. The maximum atomic E-state index is 12.6. The summed E-state index contributed by atoms with van der Waals surface area (Å²) in [6.07, 6.45) is 0.986. The van der Waals surface area contributed by atoms with Crippen LogP contribution in [-0.2, 0) is 22.7 Å². The normalized spacial score (nSPS) is 14.2. The van der Waals surface area contributed by atoms with Crippen molar-refractivity contribution in [1.29, 1.82) is 0 Å². The minimum atomic E-state index is 0.00731. The molecule has 5 nitrogen and oxygen atoms in total. The first kappa shape index (κ1) is 19.7. The molecule has 0 saturated carbocycles. The van der Waals surface area contributed by atoms with Crippen LogP contribution in [0.15, 0.2) is 36.4 Å². The average Bonchev–Trinajstić information content (AvgIpc) is 2.63. The van der Waals surface area contributed by atoms with Gasteiger partial charge in [-0.2, -0.15) is 0 Å². The van der Waals surface area contributed by atoms with Gasteiger partial charge in [-0.25, -0.2) is 0 Å². The number of carbonyl (C=O) groups excluding carboxylic acids is 1. The number of fused-ring (bicyclic) bond motifs is 1. The summed E-state index contributed by atoms with van der Waals surface area (Å²) in [7, 11) is 0. The van der Waals surface area contributed by atoms with Gasteiger partial charge in [0.15, 0.2) is 13.3 Å². The summed E-state index contributed by atoms with van der Waals surface area (Å²) in [5.74, 6) is 0.853. The summed E-state index contributed by atoms with van der Waals surface area (Å²) in [4.78, 5) is 13.8. The van der Waals surface area contributed by atoms with Crippen molar-refractivity contribution >= 4 is 23.2 Å². The molecule has 0 spiro atoms. The number of benzene rings is 2. The molecule has 0 aromatic heterocycles. The first-order valence-electron chi connectivity index (χ1n) is 9.27. The quantitative estimate of drug-likeness (QED) is 0.765. The van der Waals surface area contributed by atoms with Crippen molar-refractivity contribution in [2.24, 2.45) is 0 Å². The van der Waals surface area contributed by atoms with E-state index in [1.54, 1.807) is 0 Å². The number of nitrogens with one attached hydrogen (secondary N) is 2. The molecule has 144 valence electrons. The molecular weight excluding hydrogens is 364 g/mol. The summed E-state index contributed by atoms with van der Waals surface area (Å²) in [6, 6.07) is 11.6. The van der Waals surface area contributed by atoms with E-state index in [4.69, 9.17) is 21.1 Å². The molecule has 3 rings (SSSR count). The Morgan fingerprint density at radius 1 is 1.30 bits per heavy atom. The van der Waals surface area contributed by atoms with Crippen LogP contribution < -0.4 is 15.0 Å². The zero-order chi connectivity index (χ0) is 19.2. The van der Waals surface area contributed by atoms with Gasteiger partial charge in [0.25, 0.3) is 5.91 Å². The number of hydrogen-bond acceptors (Lipinski definition) is 3. The van der Waals surface area contributed by atoms with Crippen LogP contribution in [0.25, 0.3) is 0 Å². The Balaban J connectivity index is 1.72. The highest BCUT2D eigenvalue weighted by Crippen LogP contribution is 2.31. The van der Waals surface area contributed by atoms with E-state index < -0.39 is 0 Å². The van der Waals surface area contributed by atoms with Crippen LogP contribution in [0.2, 0.25) is 5.02 Å². The highest BCUT2D eigenvalue weighted by Gasteiger charge is 2.21. The van der Waals surface area contributed by atoms with E-state index in [2.05, 4.69) is 12.2 Å². The molecule has 0 aliphatic carbocycles. The van der Waals surface area contributed by atoms with Gasteiger partial charge in [0.1, 0.15) is 12.3 Å². The van der Waals surface area contributed by atoms with E-state index in [1.807, 2.05) is 43.3 Å². The van der Waals surface area contributed by atoms with Crippen molar-refractivity contribution < 1.29 is 19.2 Å². The minimum Gasteiger partial charge on any atom is -0.467 e. The van der Waals surface area contributed by atoms with Crippen LogP contribution in [0.5, 0.6) is 5.75 Å². The number of para-hydroxylation sites is 1. The van der Waals surface area contributed by atoms with E-state index in [-0.39, 0.29) is 12.7 Å². The predicted molar refractivity (Wildman–Crippen MR) is 106 cm³/mol. The second-order valence-corrected chi connectivity index (χ2v) is 7.32. The van der Waals surface area contributed by atoms with Crippen LogP contribution in [0.3, 0.4) is 0 Å². The lowest BCUT2D eigenvalue weighted by atomic mass is 10.1. The lowest BCUT2D eigenvalue weighted by molar-refractivity contribution is -0.905. The summed E-state index contributed by atoms with van der Waals surface area (Å²) in [5, 5.41) is 3.69. The number of carbonyl (C=O) groups is 1. The third-order valence-corrected chi connectivity index (χ3v) is 4.84.